The molecular weight excluding hydrogens is 266 g/mol. The second-order valence-electron chi connectivity index (χ2n) is 5.18. The van der Waals surface area contributed by atoms with Gasteiger partial charge in [-0.25, -0.2) is 0 Å². The minimum Gasteiger partial charge on any atom is -0.334 e. The molecule has 98 valence electrons. The average Bonchev–Trinajstić information content (AvgIpc) is 3.13. The van der Waals surface area contributed by atoms with Crippen LogP contribution in [0.4, 0.5) is 0 Å². The monoisotopic (exact) mass is 283 g/mol. The Kier molecular flexibility index (Phi) is 3.62. The Morgan fingerprint density at radius 2 is 2.17 bits per heavy atom. The van der Waals surface area contributed by atoms with Crippen LogP contribution in [-0.2, 0) is 12.8 Å². The zero-order chi connectivity index (χ0) is 12.5. The fourth-order valence-corrected chi connectivity index (χ4v) is 4.06. The Morgan fingerprint density at radius 1 is 1.39 bits per heavy atom. The number of hydrogen-bond donors (Lipinski definition) is 0. The van der Waals surface area contributed by atoms with Crippen molar-refractivity contribution >= 4 is 28.8 Å². The lowest BCUT2D eigenvalue weighted by Crippen LogP contribution is -2.34. The summed E-state index contributed by atoms with van der Waals surface area (Å²) in [5.74, 6) is 0.741. The van der Waals surface area contributed by atoms with Gasteiger partial charge >= 0.3 is 0 Å². The van der Waals surface area contributed by atoms with E-state index in [1.165, 1.54) is 23.3 Å². The first-order valence-corrected chi connectivity index (χ1v) is 8.13. The predicted octanol–water partition coefficient (Wildman–Crippen LogP) is 3.47. The SMILES string of the molecule is O=C(c1cc2c(s1)CCCC2)N(CCCl)C1CC1. The minimum absolute atomic E-state index is 0.206. The van der Waals surface area contributed by atoms with Crippen molar-refractivity contribution in [3.05, 3.63) is 21.4 Å². The van der Waals surface area contributed by atoms with Gasteiger partial charge in [0, 0.05) is 23.3 Å². The second-order valence-corrected chi connectivity index (χ2v) is 6.70. The van der Waals surface area contributed by atoms with Crippen molar-refractivity contribution < 1.29 is 4.79 Å². The van der Waals surface area contributed by atoms with Crippen LogP contribution in [0.15, 0.2) is 6.07 Å². The maximum absolute atomic E-state index is 12.5. The van der Waals surface area contributed by atoms with E-state index < -0.39 is 0 Å². The molecule has 3 rings (SSSR count). The molecule has 0 saturated heterocycles. The molecule has 2 nitrogen and oxygen atoms in total. The fourth-order valence-electron chi connectivity index (χ4n) is 2.66. The van der Waals surface area contributed by atoms with Gasteiger partial charge in [-0.3, -0.25) is 4.79 Å². The fraction of sp³-hybridized carbons (Fsp3) is 0.643. The Bertz CT molecular complexity index is 429. The van der Waals surface area contributed by atoms with Crippen LogP contribution in [0, 0.1) is 0 Å². The highest BCUT2D eigenvalue weighted by molar-refractivity contribution is 7.14. The van der Waals surface area contributed by atoms with Gasteiger partial charge in [0.05, 0.1) is 4.88 Å². The van der Waals surface area contributed by atoms with Crippen molar-refractivity contribution in [3.63, 3.8) is 0 Å². The highest BCUT2D eigenvalue weighted by Gasteiger charge is 2.33. The van der Waals surface area contributed by atoms with Crippen LogP contribution in [0.3, 0.4) is 0 Å². The molecule has 0 spiro atoms. The molecule has 0 aromatic carbocycles. The third-order valence-electron chi connectivity index (χ3n) is 3.78. The standard InChI is InChI=1S/C14H18ClNOS/c15-7-8-16(11-5-6-11)14(17)13-9-10-3-1-2-4-12(10)18-13/h9,11H,1-8H2. The van der Waals surface area contributed by atoms with Gasteiger partial charge in [0.15, 0.2) is 0 Å². The Morgan fingerprint density at radius 3 is 2.83 bits per heavy atom. The third kappa shape index (κ3) is 2.43. The largest absolute Gasteiger partial charge is 0.334 e. The van der Waals surface area contributed by atoms with Gasteiger partial charge in [-0.05, 0) is 50.2 Å². The number of hydrogen-bond acceptors (Lipinski definition) is 2. The van der Waals surface area contributed by atoms with Gasteiger partial charge in [-0.1, -0.05) is 0 Å². The Hall–Kier alpha value is -0.540. The number of fused-ring (bicyclic) bond motifs is 1. The maximum atomic E-state index is 12.5. The predicted molar refractivity (Wildman–Crippen MR) is 75.7 cm³/mol. The van der Waals surface area contributed by atoms with Crippen molar-refractivity contribution in [1.29, 1.82) is 0 Å². The first-order chi connectivity index (χ1) is 8.79. The lowest BCUT2D eigenvalue weighted by molar-refractivity contribution is 0.0758. The van der Waals surface area contributed by atoms with E-state index in [2.05, 4.69) is 6.07 Å². The summed E-state index contributed by atoms with van der Waals surface area (Å²) in [4.78, 5) is 16.9. The molecule has 0 bridgehead atoms. The lowest BCUT2D eigenvalue weighted by atomic mass is 9.99. The van der Waals surface area contributed by atoms with E-state index in [1.807, 2.05) is 4.90 Å². The van der Waals surface area contributed by atoms with E-state index in [1.54, 1.807) is 11.3 Å². The van der Waals surface area contributed by atoms with E-state index in [9.17, 15) is 4.79 Å². The second kappa shape index (κ2) is 5.22. The Labute approximate surface area is 117 Å². The molecule has 0 aliphatic heterocycles. The van der Waals surface area contributed by atoms with E-state index in [4.69, 9.17) is 11.6 Å². The molecule has 2 aliphatic rings. The molecule has 1 fully saturated rings. The highest BCUT2D eigenvalue weighted by atomic mass is 35.5. The molecular formula is C14H18ClNOS. The molecule has 1 heterocycles. The minimum atomic E-state index is 0.206. The van der Waals surface area contributed by atoms with Crippen LogP contribution >= 0.6 is 22.9 Å². The molecule has 0 radical (unpaired) electrons. The normalized spacial score (nSPS) is 18.5. The molecule has 18 heavy (non-hydrogen) atoms. The van der Waals surface area contributed by atoms with Crippen LogP contribution in [0.25, 0.3) is 0 Å². The summed E-state index contributed by atoms with van der Waals surface area (Å²) in [6.07, 6.45) is 7.15. The highest BCUT2D eigenvalue weighted by Crippen LogP contribution is 2.33. The summed E-state index contributed by atoms with van der Waals surface area (Å²) in [6, 6.07) is 2.58. The summed E-state index contributed by atoms with van der Waals surface area (Å²) >= 11 is 7.52. The molecule has 2 aliphatic carbocycles. The van der Waals surface area contributed by atoms with Crippen molar-refractivity contribution in [2.45, 2.75) is 44.6 Å². The van der Waals surface area contributed by atoms with E-state index in [-0.39, 0.29) is 5.91 Å². The summed E-state index contributed by atoms with van der Waals surface area (Å²) in [5.41, 5.74) is 1.41. The van der Waals surface area contributed by atoms with E-state index in [0.717, 1.165) is 30.6 Å². The number of carbonyl (C=O) groups excluding carboxylic acids is 1. The summed E-state index contributed by atoms with van der Waals surface area (Å²) in [5, 5.41) is 0. The van der Waals surface area contributed by atoms with Crippen LogP contribution < -0.4 is 0 Å². The van der Waals surface area contributed by atoms with Gasteiger partial charge in [0.25, 0.3) is 5.91 Å². The number of alkyl halides is 1. The zero-order valence-electron chi connectivity index (χ0n) is 10.5. The van der Waals surface area contributed by atoms with Crippen molar-refractivity contribution in [3.8, 4) is 0 Å². The summed E-state index contributed by atoms with van der Waals surface area (Å²) < 4.78 is 0. The molecule has 1 saturated carbocycles. The lowest BCUT2D eigenvalue weighted by Gasteiger charge is -2.20. The number of amides is 1. The van der Waals surface area contributed by atoms with Crippen LogP contribution in [0.2, 0.25) is 0 Å². The maximum Gasteiger partial charge on any atom is 0.264 e. The van der Waals surface area contributed by atoms with Gasteiger partial charge in [-0.2, -0.15) is 0 Å². The van der Waals surface area contributed by atoms with E-state index >= 15 is 0 Å². The number of nitrogens with zero attached hydrogens (tertiary/aromatic N) is 1. The smallest absolute Gasteiger partial charge is 0.264 e. The average molecular weight is 284 g/mol. The quantitative estimate of drug-likeness (QED) is 0.775. The number of halogens is 1. The zero-order valence-corrected chi connectivity index (χ0v) is 12.0. The molecule has 0 atom stereocenters. The van der Waals surface area contributed by atoms with Gasteiger partial charge in [0.2, 0.25) is 0 Å². The molecule has 1 aromatic heterocycles. The van der Waals surface area contributed by atoms with Gasteiger partial charge < -0.3 is 4.90 Å². The number of rotatable bonds is 4. The topological polar surface area (TPSA) is 20.3 Å². The molecule has 0 unspecified atom stereocenters. The molecule has 0 N–H and O–H groups in total. The summed E-state index contributed by atoms with van der Waals surface area (Å²) in [7, 11) is 0. The van der Waals surface area contributed by atoms with Gasteiger partial charge in [-0.15, -0.1) is 22.9 Å². The van der Waals surface area contributed by atoms with Crippen molar-refractivity contribution in [1.82, 2.24) is 4.90 Å². The van der Waals surface area contributed by atoms with Crippen molar-refractivity contribution in [2.75, 3.05) is 12.4 Å². The molecule has 4 heteroatoms. The summed E-state index contributed by atoms with van der Waals surface area (Å²) in [6.45, 7) is 0.688. The number of aryl methyl sites for hydroxylation is 2. The number of carbonyl (C=O) groups is 1. The number of thiophene rings is 1. The first kappa shape index (κ1) is 12.5. The third-order valence-corrected chi connectivity index (χ3v) is 5.18. The van der Waals surface area contributed by atoms with E-state index in [0.29, 0.717) is 18.5 Å². The van der Waals surface area contributed by atoms with Crippen molar-refractivity contribution in [2.24, 2.45) is 0 Å². The molecule has 1 amide bonds. The van der Waals surface area contributed by atoms with Crippen LogP contribution in [0.5, 0.6) is 0 Å². The van der Waals surface area contributed by atoms with Crippen LogP contribution in [0.1, 0.15) is 45.8 Å². The first-order valence-electron chi connectivity index (χ1n) is 6.78. The van der Waals surface area contributed by atoms with Gasteiger partial charge in [0.1, 0.15) is 0 Å². The molecule has 1 aromatic rings. The Balaban J connectivity index is 1.80. The van der Waals surface area contributed by atoms with Crippen LogP contribution in [-0.4, -0.2) is 29.3 Å².